The Labute approximate surface area is 186 Å². The summed E-state index contributed by atoms with van der Waals surface area (Å²) >= 11 is 5.48. The number of carbonyl (C=O) groups is 1. The summed E-state index contributed by atoms with van der Waals surface area (Å²) in [5, 5.41) is 2.76. The van der Waals surface area contributed by atoms with Gasteiger partial charge in [-0.25, -0.2) is 0 Å². The minimum atomic E-state index is -4.60. The van der Waals surface area contributed by atoms with Gasteiger partial charge >= 0.3 is 6.36 Å². The van der Waals surface area contributed by atoms with Gasteiger partial charge in [0, 0.05) is 12.6 Å². The number of aryl methyl sites for hydroxylation is 1. The van der Waals surface area contributed by atoms with Crippen LogP contribution >= 0.6 is 11.6 Å². The van der Waals surface area contributed by atoms with Crippen molar-refractivity contribution in [2.45, 2.75) is 39.5 Å². The zero-order chi connectivity index (χ0) is 23.4. The van der Waals surface area contributed by atoms with Crippen LogP contribution in [0.4, 0.5) is 13.2 Å². The van der Waals surface area contributed by atoms with Crippen molar-refractivity contribution in [2.24, 2.45) is 4.99 Å². The largest absolute Gasteiger partial charge is 0.573 e. The van der Waals surface area contributed by atoms with E-state index in [0.717, 1.165) is 23.3 Å². The standard InChI is InChI=1S/C15H21ClN2O.C8H7F3O/c1-4-11(2)12-7-5-6-8-13(12)14(17-3)10-18-15(19)9-16;1-6-2-4-7(5-3-6)12-8(9,10)11/h5-8,11H,4,9-10H2,1-3H3,(H,18,19);2-5H,1H3. The third-order valence-electron chi connectivity index (χ3n) is 4.51. The Kier molecular flexibility index (Phi) is 11.1. The first-order valence-corrected chi connectivity index (χ1v) is 10.3. The second-order valence-electron chi connectivity index (χ2n) is 6.84. The van der Waals surface area contributed by atoms with Crippen LogP contribution in [0.25, 0.3) is 0 Å². The molecule has 0 bridgehead atoms. The first-order valence-electron chi connectivity index (χ1n) is 9.81. The number of alkyl halides is 4. The number of nitrogens with zero attached hydrogens (tertiary/aromatic N) is 1. The maximum Gasteiger partial charge on any atom is 0.573 e. The van der Waals surface area contributed by atoms with Gasteiger partial charge in [0.25, 0.3) is 0 Å². The molecule has 31 heavy (non-hydrogen) atoms. The predicted molar refractivity (Wildman–Crippen MR) is 119 cm³/mol. The summed E-state index contributed by atoms with van der Waals surface area (Å²) in [5.74, 6) is 0.0814. The maximum absolute atomic E-state index is 11.6. The average Bonchev–Trinajstić information content (AvgIpc) is 2.75. The molecule has 170 valence electrons. The Morgan fingerprint density at radius 2 is 1.77 bits per heavy atom. The number of halogens is 4. The van der Waals surface area contributed by atoms with Crippen molar-refractivity contribution in [1.29, 1.82) is 0 Å². The topological polar surface area (TPSA) is 50.7 Å². The molecule has 1 amide bonds. The summed E-state index contributed by atoms with van der Waals surface area (Å²) < 4.78 is 38.5. The highest BCUT2D eigenvalue weighted by molar-refractivity contribution is 6.27. The molecule has 2 aromatic carbocycles. The summed E-state index contributed by atoms with van der Waals surface area (Å²) in [6, 6.07) is 13.9. The zero-order valence-corrected chi connectivity index (χ0v) is 18.8. The molecule has 0 radical (unpaired) electrons. The molecule has 8 heteroatoms. The van der Waals surface area contributed by atoms with Gasteiger partial charge < -0.3 is 10.1 Å². The van der Waals surface area contributed by atoms with Crippen LogP contribution < -0.4 is 10.1 Å². The number of amides is 1. The van der Waals surface area contributed by atoms with E-state index in [1.165, 1.54) is 17.7 Å². The van der Waals surface area contributed by atoms with E-state index in [2.05, 4.69) is 41.0 Å². The highest BCUT2D eigenvalue weighted by atomic mass is 35.5. The lowest BCUT2D eigenvalue weighted by Crippen LogP contribution is -2.31. The van der Waals surface area contributed by atoms with Crippen molar-refractivity contribution in [3.8, 4) is 5.75 Å². The van der Waals surface area contributed by atoms with E-state index in [1.807, 2.05) is 12.1 Å². The van der Waals surface area contributed by atoms with Gasteiger partial charge in [-0.2, -0.15) is 0 Å². The number of hydrogen-bond acceptors (Lipinski definition) is 3. The Balaban J connectivity index is 0.000000343. The van der Waals surface area contributed by atoms with Gasteiger partial charge in [-0.1, -0.05) is 55.8 Å². The molecule has 0 aromatic heterocycles. The summed E-state index contributed by atoms with van der Waals surface area (Å²) in [6.07, 6.45) is -3.53. The van der Waals surface area contributed by atoms with Crippen LogP contribution in [0, 0.1) is 6.92 Å². The predicted octanol–water partition coefficient (Wildman–Crippen LogP) is 5.87. The summed E-state index contributed by atoms with van der Waals surface area (Å²) in [4.78, 5) is 15.5. The third-order valence-corrected chi connectivity index (χ3v) is 4.76. The molecule has 0 aliphatic rings. The van der Waals surface area contributed by atoms with Crippen LogP contribution in [0.1, 0.15) is 42.9 Å². The Bertz CT molecular complexity index is 853. The molecule has 0 fully saturated rings. The second kappa shape index (κ2) is 13.0. The van der Waals surface area contributed by atoms with Crippen molar-refractivity contribution >= 4 is 23.2 Å². The van der Waals surface area contributed by atoms with E-state index >= 15 is 0 Å². The smallest absolute Gasteiger partial charge is 0.406 e. The van der Waals surface area contributed by atoms with E-state index < -0.39 is 6.36 Å². The maximum atomic E-state index is 11.6. The lowest BCUT2D eigenvalue weighted by molar-refractivity contribution is -0.274. The van der Waals surface area contributed by atoms with Crippen molar-refractivity contribution < 1.29 is 22.7 Å². The Morgan fingerprint density at radius 3 is 2.29 bits per heavy atom. The van der Waals surface area contributed by atoms with Gasteiger partial charge in [0.05, 0.1) is 12.3 Å². The molecular weight excluding hydrogens is 429 g/mol. The number of ether oxygens (including phenoxy) is 1. The molecule has 0 spiro atoms. The molecule has 1 N–H and O–H groups in total. The SMILES string of the molecule is CCC(C)c1ccccc1C(CNC(=O)CCl)=NC.Cc1ccc(OC(F)(F)F)cc1. The number of benzene rings is 2. The number of hydrogen-bond donors (Lipinski definition) is 1. The lowest BCUT2D eigenvalue weighted by atomic mass is 9.91. The molecule has 0 saturated heterocycles. The Hall–Kier alpha value is -2.54. The second-order valence-corrected chi connectivity index (χ2v) is 7.11. The van der Waals surface area contributed by atoms with Gasteiger partial charge in [-0.15, -0.1) is 24.8 Å². The summed E-state index contributed by atoms with van der Waals surface area (Å²) in [7, 11) is 1.75. The summed E-state index contributed by atoms with van der Waals surface area (Å²) in [5.41, 5.74) is 4.15. The van der Waals surface area contributed by atoms with Gasteiger partial charge in [-0.3, -0.25) is 9.79 Å². The van der Waals surface area contributed by atoms with Crippen LogP contribution in [0.2, 0.25) is 0 Å². The van der Waals surface area contributed by atoms with Crippen molar-refractivity contribution in [3.63, 3.8) is 0 Å². The minimum absolute atomic E-state index is 0.0238. The molecule has 0 aliphatic heterocycles. The monoisotopic (exact) mass is 456 g/mol. The minimum Gasteiger partial charge on any atom is -0.406 e. The van der Waals surface area contributed by atoms with Gasteiger partial charge in [-0.05, 0) is 37.0 Å². The number of aliphatic imine (C=N–C) groups is 1. The molecule has 0 aliphatic carbocycles. The van der Waals surface area contributed by atoms with Gasteiger partial charge in [0.2, 0.25) is 5.91 Å². The van der Waals surface area contributed by atoms with E-state index in [9.17, 15) is 18.0 Å². The molecule has 1 atom stereocenters. The molecule has 1 unspecified atom stereocenters. The molecule has 2 rings (SSSR count). The van der Waals surface area contributed by atoms with Crippen LogP contribution in [-0.2, 0) is 4.79 Å². The average molecular weight is 457 g/mol. The molecule has 0 saturated carbocycles. The molecule has 4 nitrogen and oxygen atoms in total. The Morgan fingerprint density at radius 1 is 1.16 bits per heavy atom. The molecular formula is C23H28ClF3N2O2. The van der Waals surface area contributed by atoms with Gasteiger partial charge in [0.1, 0.15) is 11.6 Å². The van der Waals surface area contributed by atoms with Crippen LogP contribution in [-0.4, -0.2) is 37.5 Å². The van der Waals surface area contributed by atoms with Crippen LogP contribution in [0.15, 0.2) is 53.5 Å². The molecule has 2 aromatic rings. The third kappa shape index (κ3) is 9.87. The zero-order valence-electron chi connectivity index (χ0n) is 18.1. The van der Waals surface area contributed by atoms with Crippen LogP contribution in [0.5, 0.6) is 5.75 Å². The number of nitrogens with one attached hydrogen (secondary N) is 1. The highest BCUT2D eigenvalue weighted by Crippen LogP contribution is 2.23. The first kappa shape index (κ1) is 26.5. The van der Waals surface area contributed by atoms with Gasteiger partial charge in [0.15, 0.2) is 0 Å². The normalized spacial score (nSPS) is 12.5. The molecule has 0 heterocycles. The van der Waals surface area contributed by atoms with Crippen molar-refractivity contribution in [3.05, 3.63) is 65.2 Å². The fraction of sp³-hybridized carbons (Fsp3) is 0.391. The quantitative estimate of drug-likeness (QED) is 0.418. The van der Waals surface area contributed by atoms with Crippen molar-refractivity contribution in [1.82, 2.24) is 5.32 Å². The number of rotatable bonds is 7. The first-order chi connectivity index (χ1) is 14.6. The fourth-order valence-electron chi connectivity index (χ4n) is 2.67. The van der Waals surface area contributed by atoms with E-state index in [0.29, 0.717) is 12.5 Å². The van der Waals surface area contributed by atoms with Crippen LogP contribution in [0.3, 0.4) is 0 Å². The van der Waals surface area contributed by atoms with E-state index in [1.54, 1.807) is 26.1 Å². The number of carbonyl (C=O) groups excluding carboxylic acids is 1. The summed E-state index contributed by atoms with van der Waals surface area (Å²) in [6.45, 7) is 6.57. The lowest BCUT2D eigenvalue weighted by Gasteiger charge is -2.16. The van der Waals surface area contributed by atoms with Crippen molar-refractivity contribution in [2.75, 3.05) is 19.5 Å². The van der Waals surface area contributed by atoms with E-state index in [-0.39, 0.29) is 17.5 Å². The fourth-order valence-corrected chi connectivity index (χ4v) is 2.77. The van der Waals surface area contributed by atoms with E-state index in [4.69, 9.17) is 11.6 Å². The highest BCUT2D eigenvalue weighted by Gasteiger charge is 2.30.